The molecule has 0 aromatic heterocycles. The van der Waals surface area contributed by atoms with E-state index in [4.69, 9.17) is 9.47 Å². The van der Waals surface area contributed by atoms with Crippen LogP contribution in [0.1, 0.15) is 5.56 Å². The number of anilines is 1. The molecule has 1 amide bonds. The summed E-state index contributed by atoms with van der Waals surface area (Å²) in [4.78, 5) is 23.4. The van der Waals surface area contributed by atoms with Crippen molar-refractivity contribution in [1.82, 2.24) is 0 Å². The minimum absolute atomic E-state index is 0.353. The van der Waals surface area contributed by atoms with Gasteiger partial charge in [0.2, 0.25) is 0 Å². The molecule has 0 radical (unpaired) electrons. The Kier molecular flexibility index (Phi) is 6.57. The summed E-state index contributed by atoms with van der Waals surface area (Å²) in [6.07, 6.45) is 2.90. The van der Waals surface area contributed by atoms with Gasteiger partial charge in [-0.05, 0) is 48.0 Å². The van der Waals surface area contributed by atoms with Crippen LogP contribution in [0.5, 0.6) is 5.75 Å². The van der Waals surface area contributed by atoms with E-state index in [1.165, 1.54) is 6.08 Å². The lowest BCUT2D eigenvalue weighted by Gasteiger charge is -2.06. The first-order chi connectivity index (χ1) is 11.6. The van der Waals surface area contributed by atoms with Crippen molar-refractivity contribution < 1.29 is 19.1 Å². The quantitative estimate of drug-likeness (QED) is 0.604. The standard InChI is InChI=1S/C18H16BrNO4/c1-23-16-8-6-15(7-9-16)20-17(21)12-24-18(22)10-5-13-3-2-4-14(19)11-13/h2-11H,12H2,1H3,(H,20,21)/b10-5+. The third-order valence-electron chi connectivity index (χ3n) is 2.98. The van der Waals surface area contributed by atoms with E-state index in [9.17, 15) is 9.59 Å². The van der Waals surface area contributed by atoms with Crippen LogP contribution in [-0.4, -0.2) is 25.6 Å². The van der Waals surface area contributed by atoms with E-state index in [1.54, 1.807) is 37.5 Å². The Bertz CT molecular complexity index is 741. The van der Waals surface area contributed by atoms with Crippen molar-refractivity contribution in [3.63, 3.8) is 0 Å². The summed E-state index contributed by atoms with van der Waals surface area (Å²) in [6.45, 7) is -0.353. The molecule has 0 unspecified atom stereocenters. The molecule has 2 aromatic rings. The van der Waals surface area contributed by atoms with Crippen LogP contribution in [0, 0.1) is 0 Å². The topological polar surface area (TPSA) is 64.6 Å². The van der Waals surface area contributed by atoms with Crippen molar-refractivity contribution in [2.45, 2.75) is 0 Å². The number of hydrogen-bond donors (Lipinski definition) is 1. The van der Waals surface area contributed by atoms with Crippen LogP contribution >= 0.6 is 15.9 Å². The Morgan fingerprint density at radius 2 is 1.92 bits per heavy atom. The smallest absolute Gasteiger partial charge is 0.331 e. The molecular weight excluding hydrogens is 374 g/mol. The van der Waals surface area contributed by atoms with Gasteiger partial charge in [0.05, 0.1) is 7.11 Å². The highest BCUT2D eigenvalue weighted by Gasteiger charge is 2.06. The number of hydrogen-bond acceptors (Lipinski definition) is 4. The number of carbonyl (C=O) groups excluding carboxylic acids is 2. The Morgan fingerprint density at radius 1 is 1.17 bits per heavy atom. The fraction of sp³-hybridized carbons (Fsp3) is 0.111. The van der Waals surface area contributed by atoms with Gasteiger partial charge in [0.25, 0.3) is 5.91 Å². The number of esters is 1. The molecule has 0 spiro atoms. The van der Waals surface area contributed by atoms with Gasteiger partial charge in [0, 0.05) is 16.2 Å². The molecule has 2 aromatic carbocycles. The van der Waals surface area contributed by atoms with Crippen LogP contribution in [0.3, 0.4) is 0 Å². The molecule has 0 saturated heterocycles. The van der Waals surface area contributed by atoms with E-state index in [1.807, 2.05) is 24.3 Å². The zero-order valence-electron chi connectivity index (χ0n) is 13.0. The van der Waals surface area contributed by atoms with Gasteiger partial charge >= 0.3 is 5.97 Å². The number of nitrogens with one attached hydrogen (secondary N) is 1. The van der Waals surface area contributed by atoms with Gasteiger partial charge in [-0.2, -0.15) is 0 Å². The number of carbonyl (C=O) groups is 2. The maximum absolute atomic E-state index is 11.7. The molecule has 1 N–H and O–H groups in total. The molecule has 0 bridgehead atoms. The maximum atomic E-state index is 11.7. The largest absolute Gasteiger partial charge is 0.497 e. The summed E-state index contributed by atoms with van der Waals surface area (Å²) in [7, 11) is 1.56. The summed E-state index contributed by atoms with van der Waals surface area (Å²) in [5.74, 6) is -0.304. The number of amides is 1. The van der Waals surface area contributed by atoms with Crippen LogP contribution < -0.4 is 10.1 Å². The van der Waals surface area contributed by atoms with E-state index < -0.39 is 11.9 Å². The average molecular weight is 390 g/mol. The summed E-state index contributed by atoms with van der Waals surface area (Å²) in [5, 5.41) is 2.63. The van der Waals surface area contributed by atoms with Crippen molar-refractivity contribution in [2.24, 2.45) is 0 Å². The fourth-order valence-electron chi connectivity index (χ4n) is 1.83. The van der Waals surface area contributed by atoms with Crippen molar-refractivity contribution in [3.8, 4) is 5.75 Å². The van der Waals surface area contributed by atoms with Crippen LogP contribution in [-0.2, 0) is 14.3 Å². The number of methoxy groups -OCH3 is 1. The number of halogens is 1. The monoisotopic (exact) mass is 389 g/mol. The van der Waals surface area contributed by atoms with E-state index in [2.05, 4.69) is 21.2 Å². The second-order valence-corrected chi connectivity index (χ2v) is 5.69. The maximum Gasteiger partial charge on any atom is 0.331 e. The molecule has 0 atom stereocenters. The molecule has 5 nitrogen and oxygen atoms in total. The Balaban J connectivity index is 1.79. The number of ether oxygens (including phenoxy) is 2. The van der Waals surface area contributed by atoms with Crippen molar-refractivity contribution in [1.29, 1.82) is 0 Å². The van der Waals surface area contributed by atoms with Crippen molar-refractivity contribution in [3.05, 3.63) is 64.6 Å². The molecule has 6 heteroatoms. The fourth-order valence-corrected chi connectivity index (χ4v) is 2.25. The minimum atomic E-state index is -0.583. The SMILES string of the molecule is COc1ccc(NC(=O)COC(=O)/C=C/c2cccc(Br)c2)cc1. The lowest BCUT2D eigenvalue weighted by atomic mass is 10.2. The highest BCUT2D eigenvalue weighted by molar-refractivity contribution is 9.10. The van der Waals surface area contributed by atoms with Crippen molar-refractivity contribution >= 4 is 39.6 Å². The Morgan fingerprint density at radius 3 is 2.58 bits per heavy atom. The predicted molar refractivity (Wildman–Crippen MR) is 95.8 cm³/mol. The van der Waals surface area contributed by atoms with Gasteiger partial charge in [-0.3, -0.25) is 4.79 Å². The lowest BCUT2D eigenvalue weighted by molar-refractivity contribution is -0.142. The number of benzene rings is 2. The lowest BCUT2D eigenvalue weighted by Crippen LogP contribution is -2.20. The molecule has 0 fully saturated rings. The van der Waals surface area contributed by atoms with E-state index >= 15 is 0 Å². The molecule has 0 aliphatic heterocycles. The van der Waals surface area contributed by atoms with Crippen LogP contribution in [0.4, 0.5) is 5.69 Å². The summed E-state index contributed by atoms with van der Waals surface area (Å²) in [5.41, 5.74) is 1.45. The minimum Gasteiger partial charge on any atom is -0.497 e. The van der Waals surface area contributed by atoms with Crippen LogP contribution in [0.25, 0.3) is 6.08 Å². The third-order valence-corrected chi connectivity index (χ3v) is 3.47. The highest BCUT2D eigenvalue weighted by atomic mass is 79.9. The van der Waals surface area contributed by atoms with Crippen LogP contribution in [0.2, 0.25) is 0 Å². The summed E-state index contributed by atoms with van der Waals surface area (Å²) >= 11 is 3.35. The highest BCUT2D eigenvalue weighted by Crippen LogP contribution is 2.15. The molecule has 0 aliphatic rings. The molecular formula is C18H16BrNO4. The first kappa shape index (κ1) is 17.7. The second kappa shape index (κ2) is 8.88. The first-order valence-corrected chi connectivity index (χ1v) is 7.90. The molecule has 0 heterocycles. The molecule has 0 aliphatic carbocycles. The normalized spacial score (nSPS) is 10.4. The Hall–Kier alpha value is -2.60. The van der Waals surface area contributed by atoms with Gasteiger partial charge in [0.15, 0.2) is 6.61 Å². The van der Waals surface area contributed by atoms with E-state index in [0.717, 1.165) is 10.0 Å². The molecule has 2 rings (SSSR count). The third kappa shape index (κ3) is 5.89. The van der Waals surface area contributed by atoms with Crippen molar-refractivity contribution in [2.75, 3.05) is 19.0 Å². The van der Waals surface area contributed by atoms with Gasteiger partial charge in [-0.25, -0.2) is 4.79 Å². The molecule has 24 heavy (non-hydrogen) atoms. The van der Waals surface area contributed by atoms with Gasteiger partial charge in [0.1, 0.15) is 5.75 Å². The first-order valence-electron chi connectivity index (χ1n) is 7.11. The zero-order valence-corrected chi connectivity index (χ0v) is 14.6. The van der Waals surface area contributed by atoms with Gasteiger partial charge in [-0.15, -0.1) is 0 Å². The van der Waals surface area contributed by atoms with E-state index in [0.29, 0.717) is 11.4 Å². The predicted octanol–water partition coefficient (Wildman–Crippen LogP) is 3.65. The summed E-state index contributed by atoms with van der Waals surface area (Å²) in [6, 6.07) is 14.3. The summed E-state index contributed by atoms with van der Waals surface area (Å²) < 4.78 is 10.8. The van der Waals surface area contributed by atoms with Gasteiger partial charge < -0.3 is 14.8 Å². The van der Waals surface area contributed by atoms with E-state index in [-0.39, 0.29) is 6.61 Å². The Labute approximate surface area is 148 Å². The van der Waals surface area contributed by atoms with Gasteiger partial charge in [-0.1, -0.05) is 28.1 Å². The zero-order chi connectivity index (χ0) is 17.4. The number of rotatable bonds is 6. The van der Waals surface area contributed by atoms with Crippen LogP contribution in [0.15, 0.2) is 59.1 Å². The molecule has 0 saturated carbocycles. The average Bonchev–Trinajstić information content (AvgIpc) is 2.59. The second-order valence-electron chi connectivity index (χ2n) is 4.77. The molecule has 124 valence electrons.